The van der Waals surface area contributed by atoms with Gasteiger partial charge in [0.15, 0.2) is 0 Å². The molecule has 1 aliphatic rings. The normalized spacial score (nSPS) is 13.8. The van der Waals surface area contributed by atoms with E-state index in [2.05, 4.69) is 29.2 Å². The molecular formula is C35H35ClN2O4. The number of ether oxygens (including phenoxy) is 1. The van der Waals surface area contributed by atoms with Gasteiger partial charge in [0.1, 0.15) is 0 Å². The van der Waals surface area contributed by atoms with E-state index >= 15 is 0 Å². The minimum Gasteiger partial charge on any atom is -0.462 e. The Balaban J connectivity index is 1.48. The average Bonchev–Trinajstić information content (AvgIpc) is 3.00. The SMILES string of the molecule is Cc1nc(C)c(C(=O)N2CCC(O)CC2)c(-c2cccc(Cl)c2)c1C(=O)OCCC(c1ccccc1)c1ccccc1. The molecule has 1 aliphatic heterocycles. The number of aliphatic hydroxyl groups excluding tert-OH is 1. The molecule has 216 valence electrons. The quantitative estimate of drug-likeness (QED) is 0.226. The van der Waals surface area contributed by atoms with Crippen LogP contribution in [0.1, 0.15) is 68.4 Å². The highest BCUT2D eigenvalue weighted by Gasteiger charge is 2.31. The number of carbonyl (C=O) groups excluding carboxylic acids is 2. The van der Waals surface area contributed by atoms with Crippen LogP contribution in [0.4, 0.5) is 0 Å². The van der Waals surface area contributed by atoms with Crippen molar-refractivity contribution in [3.8, 4) is 11.1 Å². The molecule has 3 aromatic carbocycles. The van der Waals surface area contributed by atoms with Gasteiger partial charge in [-0.1, -0.05) is 84.4 Å². The third-order valence-electron chi connectivity index (χ3n) is 7.89. The Morgan fingerprint density at radius 1 is 0.905 bits per heavy atom. The van der Waals surface area contributed by atoms with Gasteiger partial charge < -0.3 is 14.7 Å². The number of piperidine rings is 1. The standard InChI is InChI=1S/C35H35ClN2O4/c1-23-31(34(40)38-19-16-29(39)17-20-38)33(27-14-9-15-28(36)22-27)32(24(2)37-23)35(41)42-21-18-30(25-10-5-3-6-11-25)26-12-7-4-8-13-26/h3-15,22,29-30,39H,16-21H2,1-2H3. The van der Waals surface area contributed by atoms with E-state index < -0.39 is 12.1 Å². The molecule has 0 saturated carbocycles. The van der Waals surface area contributed by atoms with Crippen LogP contribution < -0.4 is 0 Å². The fraction of sp³-hybridized carbons (Fsp3) is 0.286. The molecule has 0 bridgehead atoms. The van der Waals surface area contributed by atoms with E-state index in [1.165, 1.54) is 0 Å². The van der Waals surface area contributed by atoms with Crippen LogP contribution in [0.2, 0.25) is 5.02 Å². The van der Waals surface area contributed by atoms with E-state index in [1.807, 2.05) is 42.5 Å². The van der Waals surface area contributed by atoms with Crippen molar-refractivity contribution >= 4 is 23.5 Å². The molecule has 0 unspecified atom stereocenters. The van der Waals surface area contributed by atoms with Gasteiger partial charge in [-0.15, -0.1) is 0 Å². The van der Waals surface area contributed by atoms with Crippen LogP contribution >= 0.6 is 11.6 Å². The van der Waals surface area contributed by atoms with Crippen LogP contribution in [0.3, 0.4) is 0 Å². The minimum absolute atomic E-state index is 0.0523. The van der Waals surface area contributed by atoms with Crippen LogP contribution in [-0.4, -0.2) is 52.7 Å². The minimum atomic E-state index is -0.530. The van der Waals surface area contributed by atoms with Crippen molar-refractivity contribution in [2.45, 2.75) is 45.1 Å². The molecule has 5 rings (SSSR count). The summed E-state index contributed by atoms with van der Waals surface area (Å²) in [4.78, 5) is 34.1. The second kappa shape index (κ2) is 13.3. The number of amides is 1. The fourth-order valence-electron chi connectivity index (χ4n) is 5.76. The first-order valence-electron chi connectivity index (χ1n) is 14.3. The van der Waals surface area contributed by atoms with Gasteiger partial charge in [0.05, 0.1) is 35.2 Å². The van der Waals surface area contributed by atoms with Gasteiger partial charge in [0, 0.05) is 29.6 Å². The first-order valence-corrected chi connectivity index (χ1v) is 14.7. The highest BCUT2D eigenvalue weighted by atomic mass is 35.5. The maximum absolute atomic E-state index is 13.9. The van der Waals surface area contributed by atoms with Crippen LogP contribution in [0.15, 0.2) is 84.9 Å². The number of carbonyl (C=O) groups is 2. The predicted octanol–water partition coefficient (Wildman–Crippen LogP) is 6.99. The van der Waals surface area contributed by atoms with Crippen LogP contribution in [0.5, 0.6) is 0 Å². The predicted molar refractivity (Wildman–Crippen MR) is 165 cm³/mol. The van der Waals surface area contributed by atoms with Gasteiger partial charge >= 0.3 is 5.97 Å². The summed E-state index contributed by atoms with van der Waals surface area (Å²) in [5.41, 5.74) is 5.06. The van der Waals surface area contributed by atoms with Gasteiger partial charge in [-0.25, -0.2) is 4.79 Å². The van der Waals surface area contributed by atoms with Crippen molar-refractivity contribution in [1.29, 1.82) is 0 Å². The monoisotopic (exact) mass is 582 g/mol. The third kappa shape index (κ3) is 6.56. The molecule has 0 spiro atoms. The Morgan fingerprint density at radius 2 is 1.50 bits per heavy atom. The summed E-state index contributed by atoms with van der Waals surface area (Å²) in [6, 6.07) is 27.5. The van der Waals surface area contributed by atoms with Gasteiger partial charge in [0.2, 0.25) is 0 Å². The van der Waals surface area contributed by atoms with Crippen molar-refractivity contribution < 1.29 is 19.4 Å². The lowest BCUT2D eigenvalue weighted by Gasteiger charge is -2.31. The van der Waals surface area contributed by atoms with E-state index in [0.717, 1.165) is 11.1 Å². The number of hydrogen-bond donors (Lipinski definition) is 1. The van der Waals surface area contributed by atoms with E-state index in [4.69, 9.17) is 16.3 Å². The largest absolute Gasteiger partial charge is 0.462 e. The number of nitrogens with zero attached hydrogens (tertiary/aromatic N) is 2. The third-order valence-corrected chi connectivity index (χ3v) is 8.12. The zero-order valence-corrected chi connectivity index (χ0v) is 24.7. The summed E-state index contributed by atoms with van der Waals surface area (Å²) >= 11 is 6.38. The molecular weight excluding hydrogens is 548 g/mol. The smallest absolute Gasteiger partial charge is 0.340 e. The van der Waals surface area contributed by atoms with E-state index in [-0.39, 0.29) is 24.0 Å². The van der Waals surface area contributed by atoms with Crippen LogP contribution in [0, 0.1) is 13.8 Å². The topological polar surface area (TPSA) is 79.7 Å². The number of pyridine rings is 1. The first-order chi connectivity index (χ1) is 20.3. The molecule has 4 aromatic rings. The van der Waals surface area contributed by atoms with Crippen molar-refractivity contribution in [2.75, 3.05) is 19.7 Å². The summed E-state index contributed by atoms with van der Waals surface area (Å²) in [5.74, 6) is -0.696. The summed E-state index contributed by atoms with van der Waals surface area (Å²) in [5, 5.41) is 10.5. The molecule has 0 radical (unpaired) electrons. The second-order valence-corrected chi connectivity index (χ2v) is 11.2. The van der Waals surface area contributed by atoms with Gasteiger partial charge in [-0.05, 0) is 61.9 Å². The first kappa shape index (κ1) is 29.5. The highest BCUT2D eigenvalue weighted by Crippen LogP contribution is 2.35. The summed E-state index contributed by atoms with van der Waals surface area (Å²) in [7, 11) is 0. The molecule has 2 heterocycles. The number of esters is 1. The molecule has 6 nitrogen and oxygen atoms in total. The fourth-order valence-corrected chi connectivity index (χ4v) is 5.95. The van der Waals surface area contributed by atoms with Gasteiger partial charge in [0.25, 0.3) is 5.91 Å². The lowest BCUT2D eigenvalue weighted by molar-refractivity contribution is 0.0495. The Labute approximate surface area is 251 Å². The molecule has 42 heavy (non-hydrogen) atoms. The Bertz CT molecular complexity index is 1510. The molecule has 7 heteroatoms. The number of hydrogen-bond acceptors (Lipinski definition) is 5. The summed E-state index contributed by atoms with van der Waals surface area (Å²) in [6.45, 7) is 4.60. The van der Waals surface area contributed by atoms with Gasteiger partial charge in [-0.2, -0.15) is 0 Å². The van der Waals surface area contributed by atoms with Crippen molar-refractivity contribution in [1.82, 2.24) is 9.88 Å². The average molecular weight is 583 g/mol. The maximum Gasteiger partial charge on any atom is 0.340 e. The molecule has 1 aromatic heterocycles. The number of aromatic nitrogens is 1. The molecule has 1 saturated heterocycles. The van der Waals surface area contributed by atoms with Crippen molar-refractivity contribution in [3.63, 3.8) is 0 Å². The number of benzene rings is 3. The zero-order valence-electron chi connectivity index (χ0n) is 23.9. The molecule has 0 atom stereocenters. The van der Waals surface area contributed by atoms with Crippen molar-refractivity contribution in [3.05, 3.63) is 124 Å². The van der Waals surface area contributed by atoms with E-state index in [0.29, 0.717) is 65.5 Å². The number of aliphatic hydroxyl groups is 1. The maximum atomic E-state index is 13.9. The summed E-state index contributed by atoms with van der Waals surface area (Å²) < 4.78 is 5.94. The lowest BCUT2D eigenvalue weighted by Crippen LogP contribution is -2.40. The van der Waals surface area contributed by atoms with Crippen LogP contribution in [0.25, 0.3) is 11.1 Å². The number of rotatable bonds is 8. The molecule has 0 aliphatic carbocycles. The Hall–Kier alpha value is -4.00. The second-order valence-electron chi connectivity index (χ2n) is 10.7. The Kier molecular flexibility index (Phi) is 9.35. The molecule has 1 amide bonds. The number of aryl methyl sites for hydroxylation is 2. The van der Waals surface area contributed by atoms with Gasteiger partial charge in [-0.3, -0.25) is 9.78 Å². The highest BCUT2D eigenvalue weighted by molar-refractivity contribution is 6.31. The Morgan fingerprint density at radius 3 is 2.10 bits per heavy atom. The number of halogens is 1. The van der Waals surface area contributed by atoms with Crippen molar-refractivity contribution in [2.24, 2.45) is 0 Å². The molecule has 1 N–H and O–H groups in total. The van der Waals surface area contributed by atoms with Crippen LogP contribution in [-0.2, 0) is 4.74 Å². The number of likely N-dealkylation sites (tertiary alicyclic amines) is 1. The molecule has 1 fully saturated rings. The summed E-state index contributed by atoms with van der Waals surface area (Å²) in [6.07, 6.45) is 1.19. The lowest BCUT2D eigenvalue weighted by atomic mass is 9.89. The van der Waals surface area contributed by atoms with E-state index in [9.17, 15) is 14.7 Å². The van der Waals surface area contributed by atoms with E-state index in [1.54, 1.807) is 36.9 Å². The zero-order chi connectivity index (χ0) is 29.6.